The van der Waals surface area contributed by atoms with Gasteiger partial charge in [0.15, 0.2) is 0 Å². The Morgan fingerprint density at radius 3 is 2.85 bits per heavy atom. The van der Waals surface area contributed by atoms with Crippen molar-refractivity contribution in [1.82, 2.24) is 0 Å². The minimum atomic E-state index is -0.176. The molecule has 0 aliphatic rings. The molecule has 0 aromatic heterocycles. The topological polar surface area (TPSA) is 12.0 Å². The van der Waals surface area contributed by atoms with Gasteiger partial charge in [0.25, 0.3) is 0 Å². The Morgan fingerprint density at radius 2 is 2.15 bits per heavy atom. The molecule has 0 saturated heterocycles. The zero-order valence-corrected chi connectivity index (χ0v) is 8.23. The number of rotatable bonds is 4. The van der Waals surface area contributed by atoms with Crippen molar-refractivity contribution < 1.29 is 4.39 Å². The van der Waals surface area contributed by atoms with E-state index in [-0.39, 0.29) is 5.82 Å². The molecule has 1 nitrogen and oxygen atoms in total. The van der Waals surface area contributed by atoms with Crippen molar-refractivity contribution in [2.45, 2.75) is 26.7 Å². The van der Waals surface area contributed by atoms with E-state index in [0.717, 1.165) is 30.6 Å². The third-order valence-electron chi connectivity index (χ3n) is 2.05. The standard InChI is InChI=1S/C11H16FN/c1-3-4-7-13-11-8-10(12)6-5-9(11)2/h5-6,8,13H,3-4,7H2,1-2H3. The van der Waals surface area contributed by atoms with E-state index in [2.05, 4.69) is 12.2 Å². The van der Waals surface area contributed by atoms with E-state index in [1.807, 2.05) is 6.92 Å². The van der Waals surface area contributed by atoms with Gasteiger partial charge in [-0.3, -0.25) is 0 Å². The van der Waals surface area contributed by atoms with E-state index in [1.54, 1.807) is 12.1 Å². The van der Waals surface area contributed by atoms with Crippen LogP contribution in [0, 0.1) is 12.7 Å². The second kappa shape index (κ2) is 4.85. The van der Waals surface area contributed by atoms with Gasteiger partial charge in [0.1, 0.15) is 5.82 Å². The number of hydrogen-bond acceptors (Lipinski definition) is 1. The third-order valence-corrected chi connectivity index (χ3v) is 2.05. The first-order chi connectivity index (χ1) is 6.24. The van der Waals surface area contributed by atoms with Crippen LogP contribution in [-0.2, 0) is 0 Å². The monoisotopic (exact) mass is 181 g/mol. The van der Waals surface area contributed by atoms with Gasteiger partial charge in [-0.1, -0.05) is 19.4 Å². The van der Waals surface area contributed by atoms with Gasteiger partial charge in [0.05, 0.1) is 0 Å². The minimum Gasteiger partial charge on any atom is -0.385 e. The number of unbranched alkanes of at least 4 members (excludes halogenated alkanes) is 1. The Kier molecular flexibility index (Phi) is 3.74. The maximum atomic E-state index is 12.8. The predicted octanol–water partition coefficient (Wildman–Crippen LogP) is 3.35. The van der Waals surface area contributed by atoms with Crippen molar-refractivity contribution in [2.75, 3.05) is 11.9 Å². The molecule has 0 unspecified atom stereocenters. The average Bonchev–Trinajstić information content (AvgIpc) is 2.11. The van der Waals surface area contributed by atoms with Crippen molar-refractivity contribution in [3.8, 4) is 0 Å². The van der Waals surface area contributed by atoms with Gasteiger partial charge < -0.3 is 5.32 Å². The molecule has 0 heterocycles. The van der Waals surface area contributed by atoms with E-state index < -0.39 is 0 Å². The number of anilines is 1. The molecule has 72 valence electrons. The summed E-state index contributed by atoms with van der Waals surface area (Å²) in [5.74, 6) is -0.176. The Balaban J connectivity index is 2.59. The van der Waals surface area contributed by atoms with Crippen molar-refractivity contribution in [2.24, 2.45) is 0 Å². The van der Waals surface area contributed by atoms with Crippen LogP contribution in [0.2, 0.25) is 0 Å². The Labute approximate surface area is 79.0 Å². The van der Waals surface area contributed by atoms with E-state index in [1.165, 1.54) is 6.07 Å². The average molecular weight is 181 g/mol. The molecular formula is C11H16FN. The molecule has 0 aliphatic carbocycles. The maximum absolute atomic E-state index is 12.8. The lowest BCUT2D eigenvalue weighted by molar-refractivity contribution is 0.627. The molecule has 1 rings (SSSR count). The second-order valence-corrected chi connectivity index (χ2v) is 3.24. The van der Waals surface area contributed by atoms with Gasteiger partial charge in [-0.05, 0) is 31.0 Å². The molecule has 0 fully saturated rings. The number of nitrogens with one attached hydrogen (secondary N) is 1. The molecule has 1 aromatic rings. The van der Waals surface area contributed by atoms with Crippen LogP contribution < -0.4 is 5.32 Å². The van der Waals surface area contributed by atoms with Crippen LogP contribution in [0.1, 0.15) is 25.3 Å². The minimum absolute atomic E-state index is 0.176. The van der Waals surface area contributed by atoms with Crippen molar-refractivity contribution in [3.63, 3.8) is 0 Å². The fraction of sp³-hybridized carbons (Fsp3) is 0.455. The summed E-state index contributed by atoms with van der Waals surface area (Å²) < 4.78 is 12.8. The molecule has 0 amide bonds. The van der Waals surface area contributed by atoms with Crippen LogP contribution in [0.25, 0.3) is 0 Å². The van der Waals surface area contributed by atoms with Gasteiger partial charge in [0.2, 0.25) is 0 Å². The van der Waals surface area contributed by atoms with E-state index in [0.29, 0.717) is 0 Å². The summed E-state index contributed by atoms with van der Waals surface area (Å²) in [7, 11) is 0. The van der Waals surface area contributed by atoms with Crippen molar-refractivity contribution in [3.05, 3.63) is 29.6 Å². The SMILES string of the molecule is CCCCNc1cc(F)ccc1C. The van der Waals surface area contributed by atoms with Crippen LogP contribution in [-0.4, -0.2) is 6.54 Å². The fourth-order valence-corrected chi connectivity index (χ4v) is 1.18. The van der Waals surface area contributed by atoms with E-state index in [4.69, 9.17) is 0 Å². The fourth-order valence-electron chi connectivity index (χ4n) is 1.18. The highest BCUT2D eigenvalue weighted by atomic mass is 19.1. The van der Waals surface area contributed by atoms with Gasteiger partial charge in [-0.25, -0.2) is 4.39 Å². The quantitative estimate of drug-likeness (QED) is 0.702. The first kappa shape index (κ1) is 10.0. The van der Waals surface area contributed by atoms with Gasteiger partial charge in [0, 0.05) is 12.2 Å². The van der Waals surface area contributed by atoms with Crippen molar-refractivity contribution in [1.29, 1.82) is 0 Å². The summed E-state index contributed by atoms with van der Waals surface area (Å²) in [5.41, 5.74) is 2.01. The Bertz CT molecular complexity index is 271. The lowest BCUT2D eigenvalue weighted by Gasteiger charge is -2.08. The van der Waals surface area contributed by atoms with Crippen molar-refractivity contribution >= 4 is 5.69 Å². The van der Waals surface area contributed by atoms with Crippen LogP contribution in [0.15, 0.2) is 18.2 Å². The summed E-state index contributed by atoms with van der Waals surface area (Å²) in [6, 6.07) is 4.83. The smallest absolute Gasteiger partial charge is 0.125 e. The van der Waals surface area contributed by atoms with Gasteiger partial charge >= 0.3 is 0 Å². The van der Waals surface area contributed by atoms with Crippen LogP contribution >= 0.6 is 0 Å². The normalized spacial score (nSPS) is 10.1. The summed E-state index contributed by atoms with van der Waals surface area (Å²) in [5, 5.41) is 3.21. The molecule has 1 N–H and O–H groups in total. The molecule has 0 aliphatic heterocycles. The zero-order chi connectivity index (χ0) is 9.68. The molecule has 0 atom stereocenters. The Morgan fingerprint density at radius 1 is 1.38 bits per heavy atom. The molecule has 0 saturated carbocycles. The summed E-state index contributed by atoms with van der Waals surface area (Å²) in [4.78, 5) is 0. The van der Waals surface area contributed by atoms with Crippen LogP contribution in [0.4, 0.5) is 10.1 Å². The number of hydrogen-bond donors (Lipinski definition) is 1. The molecule has 0 spiro atoms. The zero-order valence-electron chi connectivity index (χ0n) is 8.23. The highest BCUT2D eigenvalue weighted by Gasteiger charge is 1.98. The summed E-state index contributed by atoms with van der Waals surface area (Å²) in [6.45, 7) is 5.04. The second-order valence-electron chi connectivity index (χ2n) is 3.24. The molecule has 13 heavy (non-hydrogen) atoms. The number of benzene rings is 1. The Hall–Kier alpha value is -1.05. The first-order valence-electron chi connectivity index (χ1n) is 4.74. The highest BCUT2D eigenvalue weighted by molar-refractivity contribution is 5.50. The predicted molar refractivity (Wildman–Crippen MR) is 54.5 cm³/mol. The van der Waals surface area contributed by atoms with E-state index in [9.17, 15) is 4.39 Å². The van der Waals surface area contributed by atoms with Gasteiger partial charge in [-0.15, -0.1) is 0 Å². The molecular weight excluding hydrogens is 165 g/mol. The van der Waals surface area contributed by atoms with Crippen LogP contribution in [0.5, 0.6) is 0 Å². The molecule has 0 bridgehead atoms. The maximum Gasteiger partial charge on any atom is 0.125 e. The first-order valence-corrected chi connectivity index (χ1v) is 4.74. The largest absolute Gasteiger partial charge is 0.385 e. The highest BCUT2D eigenvalue weighted by Crippen LogP contribution is 2.15. The molecule has 0 radical (unpaired) electrons. The third kappa shape index (κ3) is 3.05. The molecule has 1 aromatic carbocycles. The number of halogens is 1. The number of aryl methyl sites for hydroxylation is 1. The molecule has 2 heteroatoms. The summed E-state index contributed by atoms with van der Waals surface area (Å²) in [6.07, 6.45) is 2.28. The van der Waals surface area contributed by atoms with Crippen LogP contribution in [0.3, 0.4) is 0 Å². The van der Waals surface area contributed by atoms with Gasteiger partial charge in [-0.2, -0.15) is 0 Å². The van der Waals surface area contributed by atoms with E-state index >= 15 is 0 Å². The lowest BCUT2D eigenvalue weighted by atomic mass is 10.2. The summed E-state index contributed by atoms with van der Waals surface area (Å²) >= 11 is 0. The lowest BCUT2D eigenvalue weighted by Crippen LogP contribution is -2.02.